The Balaban J connectivity index is 2.08. The van der Waals surface area contributed by atoms with Crippen molar-refractivity contribution in [3.8, 4) is 0 Å². The molecule has 0 saturated carbocycles. The van der Waals surface area contributed by atoms with Crippen LogP contribution in [-0.4, -0.2) is 59.5 Å². The van der Waals surface area contributed by atoms with Crippen molar-refractivity contribution in [2.24, 2.45) is 5.92 Å². The topological polar surface area (TPSA) is 62.5 Å². The predicted molar refractivity (Wildman–Crippen MR) is 75.3 cm³/mol. The second kappa shape index (κ2) is 6.45. The molecular formula is C14H24N4O2. The zero-order valence-electron chi connectivity index (χ0n) is 12.8. The fourth-order valence-corrected chi connectivity index (χ4v) is 2.38. The molecule has 2 rings (SSSR count). The van der Waals surface area contributed by atoms with Gasteiger partial charge in [0.15, 0.2) is 5.82 Å². The van der Waals surface area contributed by atoms with Gasteiger partial charge in [-0.05, 0) is 33.6 Å². The molecule has 1 aliphatic heterocycles. The van der Waals surface area contributed by atoms with Crippen LogP contribution >= 0.6 is 0 Å². The van der Waals surface area contributed by atoms with E-state index in [1.54, 1.807) is 0 Å². The smallest absolute Gasteiger partial charge is 0.234 e. The Morgan fingerprint density at radius 1 is 1.40 bits per heavy atom. The highest BCUT2D eigenvalue weighted by Crippen LogP contribution is 2.21. The van der Waals surface area contributed by atoms with E-state index in [1.165, 1.54) is 0 Å². The lowest BCUT2D eigenvalue weighted by atomic mass is 10.1. The quantitative estimate of drug-likeness (QED) is 0.824. The molecule has 1 aromatic rings. The van der Waals surface area contributed by atoms with Gasteiger partial charge in [-0.3, -0.25) is 9.69 Å². The van der Waals surface area contributed by atoms with Crippen LogP contribution in [0.3, 0.4) is 0 Å². The summed E-state index contributed by atoms with van der Waals surface area (Å²) in [6, 6.07) is 0.133. The summed E-state index contributed by atoms with van der Waals surface area (Å²) < 4.78 is 5.24. The Kier molecular flexibility index (Phi) is 4.88. The van der Waals surface area contributed by atoms with Gasteiger partial charge in [0.1, 0.15) is 5.78 Å². The van der Waals surface area contributed by atoms with Gasteiger partial charge < -0.3 is 9.42 Å². The standard InChI is InChI=1S/C14H24N4O2/c1-10(2)12(19)8-13-15-14(16-20-13)11-9-17(3)6-5-7-18(11)4/h10-11H,5-9H2,1-4H3. The van der Waals surface area contributed by atoms with Gasteiger partial charge >= 0.3 is 0 Å². The average Bonchev–Trinajstić information content (AvgIpc) is 2.76. The number of hydrogen-bond donors (Lipinski definition) is 0. The summed E-state index contributed by atoms with van der Waals surface area (Å²) in [6.45, 7) is 6.75. The van der Waals surface area contributed by atoms with Crippen LogP contribution in [0.1, 0.15) is 38.0 Å². The normalized spacial score (nSPS) is 22.1. The van der Waals surface area contributed by atoms with Crippen LogP contribution in [0.25, 0.3) is 0 Å². The van der Waals surface area contributed by atoms with E-state index in [0.29, 0.717) is 11.7 Å². The molecule has 0 amide bonds. The van der Waals surface area contributed by atoms with Gasteiger partial charge in [-0.25, -0.2) is 0 Å². The molecule has 0 aliphatic carbocycles. The summed E-state index contributed by atoms with van der Waals surface area (Å²) >= 11 is 0. The summed E-state index contributed by atoms with van der Waals surface area (Å²) in [7, 11) is 4.19. The third-order valence-electron chi connectivity index (χ3n) is 3.82. The molecular weight excluding hydrogens is 256 g/mol. The second-order valence-corrected chi connectivity index (χ2v) is 5.96. The fourth-order valence-electron chi connectivity index (χ4n) is 2.38. The molecule has 1 fully saturated rings. The number of likely N-dealkylation sites (N-methyl/N-ethyl adjacent to an activating group) is 2. The fraction of sp³-hybridized carbons (Fsp3) is 0.786. The molecule has 6 nitrogen and oxygen atoms in total. The summed E-state index contributed by atoms with van der Waals surface area (Å²) in [6.07, 6.45) is 1.37. The molecule has 1 saturated heterocycles. The number of nitrogens with zero attached hydrogens (tertiary/aromatic N) is 4. The maximum atomic E-state index is 11.7. The molecule has 112 valence electrons. The lowest BCUT2D eigenvalue weighted by molar-refractivity contribution is -0.121. The minimum Gasteiger partial charge on any atom is -0.339 e. The first-order valence-electron chi connectivity index (χ1n) is 7.21. The molecule has 1 aromatic heterocycles. The molecule has 1 atom stereocenters. The second-order valence-electron chi connectivity index (χ2n) is 5.96. The third-order valence-corrected chi connectivity index (χ3v) is 3.82. The van der Waals surface area contributed by atoms with Gasteiger partial charge in [0, 0.05) is 12.5 Å². The van der Waals surface area contributed by atoms with Gasteiger partial charge in [0.05, 0.1) is 12.5 Å². The van der Waals surface area contributed by atoms with Gasteiger partial charge in [0.2, 0.25) is 5.89 Å². The van der Waals surface area contributed by atoms with E-state index in [4.69, 9.17) is 4.52 Å². The molecule has 0 bridgehead atoms. The molecule has 20 heavy (non-hydrogen) atoms. The summed E-state index contributed by atoms with van der Waals surface area (Å²) in [5, 5.41) is 4.07. The van der Waals surface area contributed by atoms with Gasteiger partial charge in [0.25, 0.3) is 0 Å². The molecule has 0 N–H and O–H groups in total. The number of ketones is 1. The number of Topliss-reactive ketones (excluding diaryl/α,β-unsaturated/α-hetero) is 1. The zero-order valence-corrected chi connectivity index (χ0v) is 12.8. The maximum Gasteiger partial charge on any atom is 0.234 e. The van der Waals surface area contributed by atoms with Crippen LogP contribution in [0.2, 0.25) is 0 Å². The largest absolute Gasteiger partial charge is 0.339 e. The minimum absolute atomic E-state index is 0.00274. The van der Waals surface area contributed by atoms with Crippen molar-refractivity contribution in [3.63, 3.8) is 0 Å². The average molecular weight is 280 g/mol. The van der Waals surface area contributed by atoms with E-state index in [-0.39, 0.29) is 24.2 Å². The Morgan fingerprint density at radius 2 is 2.15 bits per heavy atom. The first-order chi connectivity index (χ1) is 9.47. The first kappa shape index (κ1) is 15.1. The maximum absolute atomic E-state index is 11.7. The van der Waals surface area contributed by atoms with E-state index in [1.807, 2.05) is 13.8 Å². The highest BCUT2D eigenvalue weighted by molar-refractivity contribution is 5.81. The SMILES string of the molecule is CC(C)C(=O)Cc1nc(C2CN(C)CCCN2C)no1. The van der Waals surface area contributed by atoms with Crippen molar-refractivity contribution in [2.75, 3.05) is 33.7 Å². The Bertz CT molecular complexity index is 458. The van der Waals surface area contributed by atoms with E-state index in [9.17, 15) is 4.79 Å². The molecule has 6 heteroatoms. The molecule has 0 spiro atoms. The lowest BCUT2D eigenvalue weighted by Gasteiger charge is -2.24. The summed E-state index contributed by atoms with van der Waals surface area (Å²) in [5.74, 6) is 1.25. The molecule has 1 unspecified atom stereocenters. The first-order valence-corrected chi connectivity index (χ1v) is 7.21. The van der Waals surface area contributed by atoms with Gasteiger partial charge in [-0.2, -0.15) is 4.98 Å². The van der Waals surface area contributed by atoms with Crippen LogP contribution in [0.5, 0.6) is 0 Å². The van der Waals surface area contributed by atoms with Crippen molar-refractivity contribution < 1.29 is 9.32 Å². The van der Waals surface area contributed by atoms with E-state index in [0.717, 1.165) is 26.1 Å². The Hall–Kier alpha value is -1.27. The Morgan fingerprint density at radius 3 is 2.85 bits per heavy atom. The van der Waals surface area contributed by atoms with Crippen molar-refractivity contribution in [3.05, 3.63) is 11.7 Å². The van der Waals surface area contributed by atoms with Crippen molar-refractivity contribution >= 4 is 5.78 Å². The van der Waals surface area contributed by atoms with Crippen molar-refractivity contribution in [2.45, 2.75) is 32.7 Å². The minimum atomic E-state index is -0.00274. The van der Waals surface area contributed by atoms with E-state index in [2.05, 4.69) is 34.0 Å². The number of hydrogen-bond acceptors (Lipinski definition) is 6. The monoisotopic (exact) mass is 280 g/mol. The van der Waals surface area contributed by atoms with Crippen LogP contribution in [0, 0.1) is 5.92 Å². The predicted octanol–water partition coefficient (Wildman–Crippen LogP) is 1.15. The lowest BCUT2D eigenvalue weighted by Crippen LogP contribution is -2.31. The number of carbonyl (C=O) groups excluding carboxylic acids is 1. The summed E-state index contributed by atoms with van der Waals surface area (Å²) in [5.41, 5.74) is 0. The van der Waals surface area contributed by atoms with Crippen LogP contribution < -0.4 is 0 Å². The van der Waals surface area contributed by atoms with E-state index < -0.39 is 0 Å². The van der Waals surface area contributed by atoms with Crippen LogP contribution in [0.4, 0.5) is 0 Å². The highest BCUT2D eigenvalue weighted by atomic mass is 16.5. The number of rotatable bonds is 4. The molecule has 2 heterocycles. The third kappa shape index (κ3) is 3.64. The van der Waals surface area contributed by atoms with E-state index >= 15 is 0 Å². The van der Waals surface area contributed by atoms with Crippen LogP contribution in [-0.2, 0) is 11.2 Å². The van der Waals surface area contributed by atoms with Crippen molar-refractivity contribution in [1.82, 2.24) is 19.9 Å². The van der Waals surface area contributed by atoms with Gasteiger partial charge in [-0.15, -0.1) is 0 Å². The molecule has 0 aromatic carbocycles. The molecule has 1 aliphatic rings. The molecule has 0 radical (unpaired) electrons. The zero-order chi connectivity index (χ0) is 14.7. The Labute approximate surface area is 120 Å². The van der Waals surface area contributed by atoms with Crippen molar-refractivity contribution in [1.29, 1.82) is 0 Å². The highest BCUT2D eigenvalue weighted by Gasteiger charge is 2.26. The van der Waals surface area contributed by atoms with Crippen LogP contribution in [0.15, 0.2) is 4.52 Å². The summed E-state index contributed by atoms with van der Waals surface area (Å²) in [4.78, 5) is 20.7. The number of aromatic nitrogens is 2. The number of carbonyl (C=O) groups is 1. The van der Waals surface area contributed by atoms with Gasteiger partial charge in [-0.1, -0.05) is 19.0 Å².